The highest BCUT2D eigenvalue weighted by Crippen LogP contribution is 1.95. The fraction of sp³-hybridized carbons (Fsp3) is 0.800. The van der Waals surface area contributed by atoms with Gasteiger partial charge >= 0.3 is 0 Å². The van der Waals surface area contributed by atoms with Gasteiger partial charge in [-0.15, -0.1) is 0 Å². The second-order valence-electron chi connectivity index (χ2n) is 2.03. The largest absolute Gasteiger partial charge is 0.387 e. The van der Waals surface area contributed by atoms with E-state index in [2.05, 4.69) is 6.92 Å². The minimum absolute atomic E-state index is 0.145. The van der Waals surface area contributed by atoms with E-state index in [9.17, 15) is 0 Å². The van der Waals surface area contributed by atoms with E-state index in [0.717, 1.165) is 0 Å². The number of hydrogen-bond donors (Lipinski definition) is 3. The molecule has 0 aromatic carbocycles. The van der Waals surface area contributed by atoms with Gasteiger partial charge in [-0.1, -0.05) is 0 Å². The van der Waals surface area contributed by atoms with Gasteiger partial charge in [0.05, 0.1) is 0 Å². The lowest BCUT2D eigenvalue weighted by Gasteiger charge is -2.20. The van der Waals surface area contributed by atoms with Crippen LogP contribution in [0.1, 0.15) is 6.92 Å². The van der Waals surface area contributed by atoms with E-state index >= 15 is 0 Å². The summed E-state index contributed by atoms with van der Waals surface area (Å²) in [6.07, 6.45) is -0.931. The van der Waals surface area contributed by atoms with Gasteiger partial charge < -0.3 is 5.11 Å². The Balaban J connectivity index is 3.58. The first-order valence-corrected chi connectivity index (χ1v) is 2.81. The van der Waals surface area contributed by atoms with Crippen molar-refractivity contribution >= 4 is 0 Å². The van der Waals surface area contributed by atoms with Crippen LogP contribution in [0.4, 0.5) is 0 Å². The normalized spacial score (nSPS) is 15.7. The van der Waals surface area contributed by atoms with E-state index in [4.69, 9.17) is 15.5 Å². The summed E-state index contributed by atoms with van der Waals surface area (Å²) in [4.78, 5) is -1.16. The molecule has 0 amide bonds. The molecular formula is C5H13NO3+. The molecule has 1 atom stereocenters. The van der Waals surface area contributed by atoms with Crippen LogP contribution in [0.25, 0.3) is 0 Å². The van der Waals surface area contributed by atoms with Crippen molar-refractivity contribution in [3.8, 4) is 0 Å². The minimum atomic E-state index is -1.16. The van der Waals surface area contributed by atoms with Crippen molar-refractivity contribution in [1.82, 2.24) is 0 Å². The average Bonchev–Trinajstić information content (AvgIpc) is 1.63. The van der Waals surface area contributed by atoms with Crippen LogP contribution in [0.5, 0.6) is 0 Å². The highest BCUT2D eigenvalue weighted by atomic mass is 16.8. The summed E-state index contributed by atoms with van der Waals surface area (Å²) >= 11 is 0. The Hall–Kier alpha value is -0.160. The van der Waals surface area contributed by atoms with Crippen LogP contribution in [0, 0.1) is 6.92 Å². The third kappa shape index (κ3) is 4.35. The molecule has 0 aliphatic carbocycles. The van der Waals surface area contributed by atoms with Crippen LogP contribution >= 0.6 is 0 Å². The van der Waals surface area contributed by atoms with Gasteiger partial charge in [-0.2, -0.15) is 10.4 Å². The molecule has 0 aromatic heterocycles. The fourth-order valence-corrected chi connectivity index (χ4v) is 0.467. The highest BCUT2D eigenvalue weighted by Gasteiger charge is 2.21. The molecule has 4 nitrogen and oxygen atoms in total. The molecule has 0 saturated carbocycles. The van der Waals surface area contributed by atoms with Gasteiger partial charge in [-0.3, -0.25) is 0 Å². The highest BCUT2D eigenvalue weighted by molar-refractivity contribution is 4.51. The molecule has 0 aliphatic rings. The van der Waals surface area contributed by atoms with Crippen LogP contribution in [-0.4, -0.2) is 39.5 Å². The second-order valence-corrected chi connectivity index (χ2v) is 2.03. The molecule has 55 valence electrons. The molecule has 4 heteroatoms. The maximum Gasteiger partial charge on any atom is 0.167 e. The topological polar surface area (TPSA) is 60.7 Å². The molecule has 0 fully saturated rings. The number of nitrogens with zero attached hydrogens (tertiary/aromatic N) is 1. The van der Waals surface area contributed by atoms with E-state index in [0.29, 0.717) is 0 Å². The fourth-order valence-electron chi connectivity index (χ4n) is 0.467. The number of rotatable bonds is 3. The van der Waals surface area contributed by atoms with Crippen LogP contribution in [0.15, 0.2) is 0 Å². The predicted octanol–water partition coefficient (Wildman–Crippen LogP) is -0.204. The Morgan fingerprint density at radius 2 is 2.00 bits per heavy atom. The van der Waals surface area contributed by atoms with E-state index < -0.39 is 10.9 Å². The SMILES string of the molecule is [CH2]C(O)C[N+](O)(O)CC. The standard InChI is InChI=1S/C5H13NO3/c1-3-6(8,9)4-5(2)7/h5,7-9H,2-4H2,1H3/q+1. The van der Waals surface area contributed by atoms with Crippen molar-refractivity contribution in [3.63, 3.8) is 0 Å². The number of hydrogen-bond acceptors (Lipinski definition) is 3. The van der Waals surface area contributed by atoms with Crippen LogP contribution < -0.4 is 0 Å². The number of quaternary nitrogens is 1. The third-order valence-electron chi connectivity index (χ3n) is 1.01. The lowest BCUT2D eigenvalue weighted by molar-refractivity contribution is -1.24. The zero-order valence-electron chi connectivity index (χ0n) is 5.49. The predicted molar refractivity (Wildman–Crippen MR) is 30.6 cm³/mol. The van der Waals surface area contributed by atoms with Gasteiger partial charge in [0, 0.05) is 0 Å². The first-order chi connectivity index (χ1) is 3.98. The molecule has 0 aliphatic heterocycles. The van der Waals surface area contributed by atoms with Gasteiger partial charge in [0.2, 0.25) is 0 Å². The maximum atomic E-state index is 8.79. The molecule has 0 aromatic rings. The minimum Gasteiger partial charge on any atom is -0.387 e. The number of aliphatic hydroxyl groups is 1. The Kier molecular flexibility index (Phi) is 3.07. The molecular weight excluding hydrogens is 122 g/mol. The van der Waals surface area contributed by atoms with E-state index in [1.54, 1.807) is 6.92 Å². The molecule has 3 N–H and O–H groups in total. The Labute approximate surface area is 54.5 Å². The zero-order chi connectivity index (χ0) is 7.49. The first kappa shape index (κ1) is 8.84. The summed E-state index contributed by atoms with van der Waals surface area (Å²) in [6.45, 7) is 4.78. The summed E-state index contributed by atoms with van der Waals surface area (Å²) in [5, 5.41) is 26.1. The molecule has 0 saturated heterocycles. The van der Waals surface area contributed by atoms with E-state index in [-0.39, 0.29) is 13.1 Å². The summed E-state index contributed by atoms with van der Waals surface area (Å²) < 4.78 is 0. The van der Waals surface area contributed by atoms with Crippen molar-refractivity contribution in [2.45, 2.75) is 13.0 Å². The van der Waals surface area contributed by atoms with Gasteiger partial charge in [0.1, 0.15) is 12.6 Å². The summed E-state index contributed by atoms with van der Waals surface area (Å²) in [7, 11) is 0. The lowest BCUT2D eigenvalue weighted by atomic mass is 10.4. The van der Waals surface area contributed by atoms with E-state index in [1.165, 1.54) is 0 Å². The third-order valence-corrected chi connectivity index (χ3v) is 1.01. The molecule has 0 bridgehead atoms. The smallest absolute Gasteiger partial charge is 0.167 e. The molecule has 0 spiro atoms. The average molecular weight is 135 g/mol. The van der Waals surface area contributed by atoms with Gasteiger partial charge in [-0.05, 0) is 18.7 Å². The number of hydroxylamine groups is 4. The van der Waals surface area contributed by atoms with Crippen LogP contribution in [0.2, 0.25) is 0 Å². The molecule has 0 heterocycles. The van der Waals surface area contributed by atoms with Crippen molar-refractivity contribution in [3.05, 3.63) is 6.92 Å². The lowest BCUT2D eigenvalue weighted by Crippen LogP contribution is -2.45. The molecule has 1 radical (unpaired) electrons. The van der Waals surface area contributed by atoms with Gasteiger partial charge in [-0.25, -0.2) is 0 Å². The second kappa shape index (κ2) is 3.12. The van der Waals surface area contributed by atoms with Gasteiger partial charge in [0.15, 0.2) is 6.54 Å². The monoisotopic (exact) mass is 135 g/mol. The Morgan fingerprint density at radius 1 is 1.56 bits per heavy atom. The number of likely N-dealkylation sites (N-methyl/N-ethyl adjacent to an activating group) is 1. The van der Waals surface area contributed by atoms with Crippen molar-refractivity contribution in [1.29, 1.82) is 0 Å². The summed E-state index contributed by atoms with van der Waals surface area (Å²) in [6, 6.07) is 0. The quantitative estimate of drug-likeness (QED) is 0.371. The Morgan fingerprint density at radius 3 is 2.11 bits per heavy atom. The van der Waals surface area contributed by atoms with Crippen molar-refractivity contribution in [2.24, 2.45) is 0 Å². The van der Waals surface area contributed by atoms with Crippen molar-refractivity contribution in [2.75, 3.05) is 13.1 Å². The maximum absolute atomic E-state index is 8.79. The first-order valence-electron chi connectivity index (χ1n) is 2.81. The zero-order valence-corrected chi connectivity index (χ0v) is 5.49. The van der Waals surface area contributed by atoms with Crippen LogP contribution in [0.3, 0.4) is 0 Å². The Bertz CT molecular complexity index is 82.3. The summed E-state index contributed by atoms with van der Waals surface area (Å²) in [5.74, 6) is 0. The van der Waals surface area contributed by atoms with Gasteiger partial charge in [0.25, 0.3) is 0 Å². The van der Waals surface area contributed by atoms with E-state index in [1.807, 2.05) is 0 Å². The molecule has 1 unspecified atom stereocenters. The van der Waals surface area contributed by atoms with Crippen molar-refractivity contribution < 1.29 is 20.3 Å². The van der Waals surface area contributed by atoms with Crippen LogP contribution in [-0.2, 0) is 0 Å². The molecule has 0 rings (SSSR count). The number of aliphatic hydroxyl groups excluding tert-OH is 1. The summed E-state index contributed by atoms with van der Waals surface area (Å²) in [5.41, 5.74) is 0. The molecule has 9 heavy (non-hydrogen) atoms.